The lowest BCUT2D eigenvalue weighted by atomic mass is 10.2. The van der Waals surface area contributed by atoms with Gasteiger partial charge in [0.15, 0.2) is 0 Å². The Kier molecular flexibility index (Phi) is 7.79. The summed E-state index contributed by atoms with van der Waals surface area (Å²) < 4.78 is 0. The molecule has 0 bridgehead atoms. The van der Waals surface area contributed by atoms with Crippen LogP contribution < -0.4 is 16.4 Å². The molecule has 0 fully saturated rings. The minimum absolute atomic E-state index is 0. The van der Waals surface area contributed by atoms with Gasteiger partial charge in [0.2, 0.25) is 11.8 Å². The van der Waals surface area contributed by atoms with Gasteiger partial charge in [0.05, 0.1) is 0 Å². The number of benzene rings is 1. The maximum absolute atomic E-state index is 11.5. The molecule has 106 valence electrons. The van der Waals surface area contributed by atoms with E-state index in [4.69, 9.17) is 5.73 Å². The second-order valence-electron chi connectivity index (χ2n) is 4.31. The van der Waals surface area contributed by atoms with E-state index < -0.39 is 0 Å². The summed E-state index contributed by atoms with van der Waals surface area (Å²) in [4.78, 5) is 22.8. The first-order valence-corrected chi connectivity index (χ1v) is 5.93. The summed E-state index contributed by atoms with van der Waals surface area (Å²) in [6, 6.07) is 6.98. The number of nitrogens with two attached hydrogens (primary N) is 1. The highest BCUT2D eigenvalue weighted by Crippen LogP contribution is 2.14. The number of hydrogen-bond acceptors (Lipinski definition) is 3. The maximum Gasteiger partial charge on any atom is 0.226 e. The molecule has 0 aliphatic carbocycles. The Hall–Kier alpha value is -1.59. The van der Waals surface area contributed by atoms with Crippen LogP contribution in [0.2, 0.25) is 0 Å². The number of nitrogens with one attached hydrogen (secondary N) is 2. The zero-order valence-corrected chi connectivity index (χ0v) is 11.9. The predicted molar refractivity (Wildman–Crippen MR) is 79.5 cm³/mol. The fourth-order valence-electron chi connectivity index (χ4n) is 1.28. The van der Waals surface area contributed by atoms with E-state index in [9.17, 15) is 9.59 Å². The van der Waals surface area contributed by atoms with Crippen molar-refractivity contribution in [1.29, 1.82) is 0 Å². The molecule has 0 aliphatic rings. The highest BCUT2D eigenvalue weighted by molar-refractivity contribution is 5.93. The maximum atomic E-state index is 11.5. The lowest BCUT2D eigenvalue weighted by Gasteiger charge is -2.09. The summed E-state index contributed by atoms with van der Waals surface area (Å²) in [5.41, 5.74) is 6.69. The SMILES string of the molecule is CC(C)C(=O)Nc1ccc(NC(=O)CCN)cc1.Cl. The molecular formula is C13H20ClN3O2. The second-order valence-corrected chi connectivity index (χ2v) is 4.31. The fourth-order valence-corrected chi connectivity index (χ4v) is 1.28. The predicted octanol–water partition coefficient (Wildman–Crippen LogP) is 1.99. The van der Waals surface area contributed by atoms with Crippen molar-refractivity contribution in [2.45, 2.75) is 20.3 Å². The van der Waals surface area contributed by atoms with Crippen molar-refractivity contribution >= 4 is 35.6 Å². The van der Waals surface area contributed by atoms with E-state index in [1.165, 1.54) is 0 Å². The Morgan fingerprint density at radius 1 is 1.11 bits per heavy atom. The van der Waals surface area contributed by atoms with Gasteiger partial charge in [-0.2, -0.15) is 0 Å². The van der Waals surface area contributed by atoms with Crippen molar-refractivity contribution in [2.75, 3.05) is 17.2 Å². The lowest BCUT2D eigenvalue weighted by Crippen LogP contribution is -2.18. The molecule has 19 heavy (non-hydrogen) atoms. The molecule has 0 unspecified atom stereocenters. The molecule has 0 spiro atoms. The van der Waals surface area contributed by atoms with Crippen LogP contribution in [0.3, 0.4) is 0 Å². The van der Waals surface area contributed by atoms with Gasteiger partial charge in [0.1, 0.15) is 0 Å². The van der Waals surface area contributed by atoms with Gasteiger partial charge in [-0.25, -0.2) is 0 Å². The summed E-state index contributed by atoms with van der Waals surface area (Å²) >= 11 is 0. The number of rotatable bonds is 5. The topological polar surface area (TPSA) is 84.2 Å². The second kappa shape index (κ2) is 8.50. The highest BCUT2D eigenvalue weighted by Gasteiger charge is 2.07. The molecule has 2 amide bonds. The molecule has 0 aromatic heterocycles. The Balaban J connectivity index is 0.00000324. The van der Waals surface area contributed by atoms with Crippen LogP contribution in [0.5, 0.6) is 0 Å². The van der Waals surface area contributed by atoms with Crippen molar-refractivity contribution in [2.24, 2.45) is 11.7 Å². The first kappa shape index (κ1) is 17.4. The molecule has 1 rings (SSSR count). The van der Waals surface area contributed by atoms with Crippen LogP contribution in [0, 0.1) is 5.92 Å². The zero-order chi connectivity index (χ0) is 13.5. The van der Waals surface area contributed by atoms with Crippen LogP contribution in [0.1, 0.15) is 20.3 Å². The van der Waals surface area contributed by atoms with E-state index in [1.54, 1.807) is 24.3 Å². The number of hydrogen-bond donors (Lipinski definition) is 3. The Morgan fingerprint density at radius 3 is 2.00 bits per heavy atom. The Bertz CT molecular complexity index is 418. The number of carbonyl (C=O) groups is 2. The quantitative estimate of drug-likeness (QED) is 0.773. The third kappa shape index (κ3) is 6.22. The van der Waals surface area contributed by atoms with Gasteiger partial charge < -0.3 is 16.4 Å². The molecule has 1 aromatic rings. The molecular weight excluding hydrogens is 266 g/mol. The smallest absolute Gasteiger partial charge is 0.226 e. The number of carbonyl (C=O) groups excluding carboxylic acids is 2. The fraction of sp³-hybridized carbons (Fsp3) is 0.385. The van der Waals surface area contributed by atoms with Gasteiger partial charge in [-0.1, -0.05) is 13.8 Å². The van der Waals surface area contributed by atoms with Crippen LogP contribution in [0.15, 0.2) is 24.3 Å². The molecule has 0 radical (unpaired) electrons. The van der Waals surface area contributed by atoms with Gasteiger partial charge >= 0.3 is 0 Å². The lowest BCUT2D eigenvalue weighted by molar-refractivity contribution is -0.119. The average molecular weight is 286 g/mol. The molecule has 4 N–H and O–H groups in total. The largest absolute Gasteiger partial charge is 0.330 e. The standard InChI is InChI=1S/C13H19N3O2.ClH/c1-9(2)13(18)16-11-5-3-10(4-6-11)15-12(17)7-8-14;/h3-6,9H,7-8,14H2,1-2H3,(H,15,17)(H,16,18);1H. The third-order valence-corrected chi connectivity index (χ3v) is 2.33. The molecule has 1 aromatic carbocycles. The molecule has 0 saturated carbocycles. The van der Waals surface area contributed by atoms with Crippen molar-refractivity contribution in [3.05, 3.63) is 24.3 Å². The summed E-state index contributed by atoms with van der Waals surface area (Å²) in [6.45, 7) is 3.99. The van der Waals surface area contributed by atoms with E-state index in [1.807, 2.05) is 13.8 Å². The van der Waals surface area contributed by atoms with Crippen molar-refractivity contribution in [3.8, 4) is 0 Å². The molecule has 6 heteroatoms. The van der Waals surface area contributed by atoms with Crippen LogP contribution in [-0.4, -0.2) is 18.4 Å². The van der Waals surface area contributed by atoms with Crippen LogP contribution in [0.4, 0.5) is 11.4 Å². The normalized spacial score (nSPS) is 9.68. The molecule has 0 atom stereocenters. The molecule has 0 aliphatic heterocycles. The summed E-state index contributed by atoms with van der Waals surface area (Å²) in [5.74, 6) is -0.208. The minimum Gasteiger partial charge on any atom is -0.330 e. The van der Waals surface area contributed by atoms with E-state index in [0.717, 1.165) is 0 Å². The summed E-state index contributed by atoms with van der Waals surface area (Å²) in [5, 5.41) is 5.49. The number of anilines is 2. The van der Waals surface area contributed by atoms with Gasteiger partial charge in [0.25, 0.3) is 0 Å². The molecule has 0 heterocycles. The van der Waals surface area contributed by atoms with Crippen molar-refractivity contribution in [1.82, 2.24) is 0 Å². The first-order valence-electron chi connectivity index (χ1n) is 5.93. The summed E-state index contributed by atoms with van der Waals surface area (Å²) in [6.07, 6.45) is 0.297. The first-order chi connectivity index (χ1) is 8.52. The van der Waals surface area contributed by atoms with E-state index >= 15 is 0 Å². The Labute approximate surface area is 119 Å². The Morgan fingerprint density at radius 2 is 1.58 bits per heavy atom. The minimum atomic E-state index is -0.114. The van der Waals surface area contributed by atoms with E-state index in [-0.39, 0.29) is 30.1 Å². The van der Waals surface area contributed by atoms with E-state index in [0.29, 0.717) is 24.3 Å². The highest BCUT2D eigenvalue weighted by atomic mass is 35.5. The molecule has 0 saturated heterocycles. The average Bonchev–Trinajstić information content (AvgIpc) is 2.31. The number of halogens is 1. The van der Waals surface area contributed by atoms with Gasteiger partial charge in [0, 0.05) is 30.3 Å². The molecule has 5 nitrogen and oxygen atoms in total. The van der Waals surface area contributed by atoms with Crippen LogP contribution in [0.25, 0.3) is 0 Å². The van der Waals surface area contributed by atoms with Gasteiger partial charge in [-0.3, -0.25) is 9.59 Å². The zero-order valence-electron chi connectivity index (χ0n) is 11.1. The number of amides is 2. The van der Waals surface area contributed by atoms with Crippen LogP contribution >= 0.6 is 12.4 Å². The van der Waals surface area contributed by atoms with Crippen molar-refractivity contribution in [3.63, 3.8) is 0 Å². The van der Waals surface area contributed by atoms with Gasteiger partial charge in [-0.15, -0.1) is 12.4 Å². The van der Waals surface area contributed by atoms with Crippen molar-refractivity contribution < 1.29 is 9.59 Å². The summed E-state index contributed by atoms with van der Waals surface area (Å²) in [7, 11) is 0. The third-order valence-electron chi connectivity index (χ3n) is 2.33. The van der Waals surface area contributed by atoms with Gasteiger partial charge in [-0.05, 0) is 24.3 Å². The van der Waals surface area contributed by atoms with E-state index in [2.05, 4.69) is 10.6 Å². The monoisotopic (exact) mass is 285 g/mol. The van der Waals surface area contributed by atoms with Crippen LogP contribution in [-0.2, 0) is 9.59 Å².